The summed E-state index contributed by atoms with van der Waals surface area (Å²) in [6.07, 6.45) is 16.4. The highest BCUT2D eigenvalue weighted by molar-refractivity contribution is 5.90. The van der Waals surface area contributed by atoms with Gasteiger partial charge in [0.25, 0.3) is 0 Å². The number of esters is 2. The molecule has 0 aliphatic rings. The first-order chi connectivity index (χ1) is 23.1. The molecular formula is C40H63NO7. The van der Waals surface area contributed by atoms with Crippen LogP contribution in [0.25, 0.3) is 0 Å². The van der Waals surface area contributed by atoms with Gasteiger partial charge in [0.2, 0.25) is 5.91 Å². The van der Waals surface area contributed by atoms with Crippen molar-refractivity contribution in [2.75, 3.05) is 26.9 Å². The Bertz CT molecular complexity index is 1130. The van der Waals surface area contributed by atoms with E-state index in [0.29, 0.717) is 18.6 Å². The number of nitrogens with one attached hydrogen (secondary N) is 1. The minimum absolute atomic E-state index is 0.220. The number of amides is 1. The number of unbranched alkanes of at least 4 members (excludes halogenated alkanes) is 8. The second-order valence-electron chi connectivity index (χ2n) is 13.3. The molecule has 0 aromatic heterocycles. The molecule has 1 amide bonds. The van der Waals surface area contributed by atoms with Crippen molar-refractivity contribution in [3.8, 4) is 17.6 Å². The van der Waals surface area contributed by atoms with Gasteiger partial charge in [0, 0.05) is 19.6 Å². The Kier molecular flexibility index (Phi) is 22.8. The Morgan fingerprint density at radius 3 is 2.10 bits per heavy atom. The number of hydrogen-bond donors (Lipinski definition) is 1. The molecule has 1 aromatic rings. The molecule has 0 aliphatic carbocycles. The average molecular weight is 670 g/mol. The Morgan fingerprint density at radius 2 is 1.52 bits per heavy atom. The molecule has 0 heterocycles. The van der Waals surface area contributed by atoms with Crippen LogP contribution < -0.4 is 10.1 Å². The summed E-state index contributed by atoms with van der Waals surface area (Å²) in [5.74, 6) is 3.43. The van der Waals surface area contributed by atoms with Crippen LogP contribution in [0, 0.1) is 23.7 Å². The molecule has 0 unspecified atom stereocenters. The summed E-state index contributed by atoms with van der Waals surface area (Å²) in [4.78, 5) is 40.1. The Hall–Kier alpha value is -3.31. The maximum Gasteiger partial charge on any atom is 0.328 e. The van der Waals surface area contributed by atoms with Crippen molar-refractivity contribution in [1.29, 1.82) is 0 Å². The lowest BCUT2D eigenvalue weighted by Crippen LogP contribution is -2.48. The molecule has 1 N–H and O–H groups in total. The maximum atomic E-state index is 13.9. The quantitative estimate of drug-likeness (QED) is 0.0485. The number of ether oxygens (including phenoxy) is 4. The number of benzene rings is 1. The van der Waals surface area contributed by atoms with E-state index in [2.05, 4.69) is 24.1 Å². The van der Waals surface area contributed by atoms with Crippen LogP contribution in [0.4, 0.5) is 0 Å². The van der Waals surface area contributed by atoms with Gasteiger partial charge in [-0.2, -0.15) is 0 Å². The van der Waals surface area contributed by atoms with Gasteiger partial charge in [-0.25, -0.2) is 4.79 Å². The highest BCUT2D eigenvalue weighted by Crippen LogP contribution is 2.25. The average Bonchev–Trinajstić information content (AvgIpc) is 3.05. The lowest BCUT2D eigenvalue weighted by atomic mass is 9.86. The lowest BCUT2D eigenvalue weighted by Gasteiger charge is -2.28. The minimum Gasteiger partial charge on any atom is -0.481 e. The van der Waals surface area contributed by atoms with Crippen LogP contribution in [-0.4, -0.2) is 56.4 Å². The number of methoxy groups -OCH3 is 1. The van der Waals surface area contributed by atoms with E-state index >= 15 is 0 Å². The molecule has 3 atom stereocenters. The zero-order valence-corrected chi connectivity index (χ0v) is 30.9. The van der Waals surface area contributed by atoms with Crippen LogP contribution >= 0.6 is 0 Å². The third kappa shape index (κ3) is 19.5. The molecule has 0 radical (unpaired) electrons. The largest absolute Gasteiger partial charge is 0.481 e. The molecule has 0 fully saturated rings. The van der Waals surface area contributed by atoms with Gasteiger partial charge in [-0.1, -0.05) is 89.0 Å². The first-order valence-corrected chi connectivity index (χ1v) is 18.0. The summed E-state index contributed by atoms with van der Waals surface area (Å²) in [6.45, 7) is 13.3. The second kappa shape index (κ2) is 25.7. The van der Waals surface area contributed by atoms with Crippen LogP contribution in [0.1, 0.15) is 124 Å². The van der Waals surface area contributed by atoms with Gasteiger partial charge in [0.1, 0.15) is 24.0 Å². The predicted octanol–water partition coefficient (Wildman–Crippen LogP) is 8.16. The molecule has 8 heteroatoms. The highest BCUT2D eigenvalue weighted by atomic mass is 16.6. The van der Waals surface area contributed by atoms with Gasteiger partial charge < -0.3 is 24.3 Å². The number of hydrogen-bond acceptors (Lipinski definition) is 7. The standard InChI is InChI=1S/C40H63NO7/c1-8-11-13-17-20-28-46-29-21-18-15-14-16-19-23-34(35(22-10-3)38(43)48-40(4,5)6)37(42)41-36(39(44)45-7)31-32-24-26-33(27-25-32)47-30-12-9-2/h19,23-27,34-36H,8,10-11,13-18,20-22,28-31H2,1-7H3,(H,41,42)/b23-19+/t34-,35+,36-/m0/s1. The van der Waals surface area contributed by atoms with Gasteiger partial charge in [-0.3, -0.25) is 9.59 Å². The van der Waals surface area contributed by atoms with Crippen molar-refractivity contribution >= 4 is 17.8 Å². The number of carbonyl (C=O) groups is 3. The van der Waals surface area contributed by atoms with E-state index in [1.165, 1.54) is 32.8 Å². The van der Waals surface area contributed by atoms with Crippen LogP contribution in [-0.2, 0) is 35.0 Å². The zero-order chi connectivity index (χ0) is 35.6. The Morgan fingerprint density at radius 1 is 0.875 bits per heavy atom. The van der Waals surface area contributed by atoms with E-state index in [9.17, 15) is 14.4 Å². The fourth-order valence-corrected chi connectivity index (χ4v) is 5.26. The predicted molar refractivity (Wildman–Crippen MR) is 193 cm³/mol. The highest BCUT2D eigenvalue weighted by Gasteiger charge is 2.36. The molecule has 1 rings (SSSR count). The molecule has 0 spiro atoms. The second-order valence-corrected chi connectivity index (χ2v) is 13.3. The summed E-state index contributed by atoms with van der Waals surface area (Å²) < 4.78 is 22.2. The van der Waals surface area contributed by atoms with Crippen molar-refractivity contribution in [3.05, 3.63) is 42.0 Å². The summed E-state index contributed by atoms with van der Waals surface area (Å²) >= 11 is 0. The molecule has 8 nitrogen and oxygen atoms in total. The normalized spacial score (nSPS) is 13.2. The van der Waals surface area contributed by atoms with E-state index in [4.69, 9.17) is 18.9 Å². The van der Waals surface area contributed by atoms with Gasteiger partial charge in [-0.15, -0.1) is 5.92 Å². The van der Waals surface area contributed by atoms with E-state index in [1.807, 2.05) is 52.0 Å². The third-order valence-corrected chi connectivity index (χ3v) is 7.84. The van der Waals surface area contributed by atoms with E-state index in [1.54, 1.807) is 19.1 Å². The summed E-state index contributed by atoms with van der Waals surface area (Å²) in [5, 5.41) is 2.89. The van der Waals surface area contributed by atoms with Gasteiger partial charge in [-0.05, 0) is 77.5 Å². The maximum absolute atomic E-state index is 13.9. The fourth-order valence-electron chi connectivity index (χ4n) is 5.26. The van der Waals surface area contributed by atoms with Crippen LogP contribution in [0.5, 0.6) is 5.75 Å². The van der Waals surface area contributed by atoms with Crippen molar-refractivity contribution in [2.45, 2.75) is 137 Å². The lowest BCUT2D eigenvalue weighted by molar-refractivity contribution is -0.163. The molecule has 0 saturated heterocycles. The van der Waals surface area contributed by atoms with Crippen molar-refractivity contribution < 1.29 is 33.3 Å². The first kappa shape index (κ1) is 42.7. The SMILES string of the molecule is CC#CCOc1ccc(C[C@H](NC(=O)[C@@H](/C=C/CCCCCCOCCCCCCC)[C@@H](CCC)C(=O)OC(C)(C)C)C(=O)OC)cc1. The van der Waals surface area contributed by atoms with Gasteiger partial charge in [0.15, 0.2) is 0 Å². The van der Waals surface area contributed by atoms with Crippen LogP contribution in [0.2, 0.25) is 0 Å². The van der Waals surface area contributed by atoms with Crippen LogP contribution in [0.15, 0.2) is 36.4 Å². The molecule has 0 aliphatic heterocycles. The number of allylic oxidation sites excluding steroid dienone is 1. The minimum atomic E-state index is -0.935. The van der Waals surface area contributed by atoms with Crippen molar-refractivity contribution in [2.24, 2.45) is 11.8 Å². The first-order valence-electron chi connectivity index (χ1n) is 18.0. The van der Waals surface area contributed by atoms with Crippen molar-refractivity contribution in [1.82, 2.24) is 5.32 Å². The molecule has 48 heavy (non-hydrogen) atoms. The van der Waals surface area contributed by atoms with Crippen LogP contribution in [0.3, 0.4) is 0 Å². The number of carbonyl (C=O) groups excluding carboxylic acids is 3. The van der Waals surface area contributed by atoms with E-state index in [-0.39, 0.29) is 13.0 Å². The zero-order valence-electron chi connectivity index (χ0n) is 30.9. The summed E-state index contributed by atoms with van der Waals surface area (Å²) in [5.41, 5.74) is 0.126. The Labute approximate surface area is 291 Å². The van der Waals surface area contributed by atoms with E-state index < -0.39 is 41.3 Å². The molecular weight excluding hydrogens is 606 g/mol. The Balaban J connectivity index is 2.91. The molecule has 1 aromatic carbocycles. The third-order valence-electron chi connectivity index (χ3n) is 7.84. The smallest absolute Gasteiger partial charge is 0.328 e. The topological polar surface area (TPSA) is 100 Å². The molecule has 0 bridgehead atoms. The summed E-state index contributed by atoms with van der Waals surface area (Å²) in [6, 6.07) is 6.36. The molecule has 270 valence electrons. The summed E-state index contributed by atoms with van der Waals surface area (Å²) in [7, 11) is 1.30. The monoisotopic (exact) mass is 669 g/mol. The van der Waals surface area contributed by atoms with Gasteiger partial charge >= 0.3 is 11.9 Å². The molecule has 0 saturated carbocycles. The van der Waals surface area contributed by atoms with E-state index in [0.717, 1.165) is 57.3 Å². The van der Waals surface area contributed by atoms with Crippen molar-refractivity contribution in [3.63, 3.8) is 0 Å². The van der Waals surface area contributed by atoms with Gasteiger partial charge in [0.05, 0.1) is 18.9 Å². The fraction of sp³-hybridized carbons (Fsp3) is 0.675. The number of rotatable bonds is 25.